The summed E-state index contributed by atoms with van der Waals surface area (Å²) in [6, 6.07) is 0.237. The number of anilines is 1. The number of aromatic nitrogens is 3. The van der Waals surface area contributed by atoms with Gasteiger partial charge in [0, 0.05) is 11.8 Å². The van der Waals surface area contributed by atoms with Crippen LogP contribution >= 0.6 is 11.8 Å². The molecule has 0 amide bonds. The molecule has 1 aromatic heterocycles. The van der Waals surface area contributed by atoms with E-state index in [0.29, 0.717) is 11.7 Å². The van der Waals surface area contributed by atoms with Crippen molar-refractivity contribution >= 4 is 17.7 Å². The number of thioether (sulfide) groups is 1. The summed E-state index contributed by atoms with van der Waals surface area (Å²) < 4.78 is 1.85. The summed E-state index contributed by atoms with van der Waals surface area (Å²) in [6.45, 7) is 5.78. The Kier molecular flexibility index (Phi) is 3.77. The van der Waals surface area contributed by atoms with Crippen LogP contribution in [0, 0.1) is 0 Å². The topological polar surface area (TPSA) is 77.0 Å². The highest BCUT2D eigenvalue weighted by Gasteiger charge is 2.13. The molecule has 1 rings (SSSR count). The van der Waals surface area contributed by atoms with Crippen LogP contribution in [-0.2, 0) is 0 Å². The highest BCUT2D eigenvalue weighted by Crippen LogP contribution is 2.22. The highest BCUT2D eigenvalue weighted by atomic mass is 32.2. The lowest BCUT2D eigenvalue weighted by atomic mass is 10.4. The zero-order chi connectivity index (χ0) is 10.7. The number of nitrogens with zero attached hydrogens (tertiary/aromatic N) is 3. The molecule has 6 heteroatoms. The van der Waals surface area contributed by atoms with Gasteiger partial charge in [-0.1, -0.05) is 11.8 Å². The third kappa shape index (κ3) is 2.62. The second kappa shape index (κ2) is 4.65. The minimum Gasteiger partial charge on any atom is -0.393 e. The number of aliphatic hydroxyl groups is 1. The van der Waals surface area contributed by atoms with Crippen LogP contribution in [0.25, 0.3) is 0 Å². The van der Waals surface area contributed by atoms with E-state index in [2.05, 4.69) is 10.2 Å². The number of aliphatic hydroxyl groups excluding tert-OH is 1. The van der Waals surface area contributed by atoms with E-state index in [1.54, 1.807) is 6.92 Å². The fourth-order valence-electron chi connectivity index (χ4n) is 1.07. The van der Waals surface area contributed by atoms with Gasteiger partial charge in [0.2, 0.25) is 5.95 Å². The van der Waals surface area contributed by atoms with Gasteiger partial charge in [-0.2, -0.15) is 0 Å². The third-order valence-electron chi connectivity index (χ3n) is 1.66. The maximum Gasteiger partial charge on any atom is 0.222 e. The number of hydrogen-bond acceptors (Lipinski definition) is 5. The molecule has 0 saturated heterocycles. The van der Waals surface area contributed by atoms with Crippen LogP contribution in [0.1, 0.15) is 26.8 Å². The normalized spacial score (nSPS) is 13.5. The van der Waals surface area contributed by atoms with Gasteiger partial charge in [-0.15, -0.1) is 10.2 Å². The van der Waals surface area contributed by atoms with Crippen molar-refractivity contribution in [2.24, 2.45) is 0 Å². The van der Waals surface area contributed by atoms with E-state index in [1.807, 2.05) is 18.4 Å². The first kappa shape index (κ1) is 11.3. The summed E-state index contributed by atoms with van der Waals surface area (Å²) in [5, 5.41) is 17.7. The molecule has 0 aliphatic rings. The third-order valence-corrected chi connectivity index (χ3v) is 2.85. The maximum absolute atomic E-state index is 9.14. The second-order valence-electron chi connectivity index (χ2n) is 3.46. The molecule has 1 atom stereocenters. The first-order valence-corrected chi connectivity index (χ1v) is 5.52. The molecule has 1 unspecified atom stereocenters. The summed E-state index contributed by atoms with van der Waals surface area (Å²) in [6.07, 6.45) is -0.349. The van der Waals surface area contributed by atoms with Gasteiger partial charge < -0.3 is 10.8 Å². The first-order chi connectivity index (χ1) is 6.52. The average Bonchev–Trinajstić information content (AvgIpc) is 2.43. The largest absolute Gasteiger partial charge is 0.393 e. The van der Waals surface area contributed by atoms with Crippen LogP contribution in [0.5, 0.6) is 0 Å². The van der Waals surface area contributed by atoms with Crippen molar-refractivity contribution in [2.45, 2.75) is 38.1 Å². The number of rotatable bonds is 4. The van der Waals surface area contributed by atoms with Crippen LogP contribution in [0.4, 0.5) is 5.95 Å². The summed E-state index contributed by atoms with van der Waals surface area (Å²) in [7, 11) is 0. The number of hydrogen-bond donors (Lipinski definition) is 2. The lowest BCUT2D eigenvalue weighted by Gasteiger charge is -2.11. The molecule has 0 bridgehead atoms. The Morgan fingerprint density at radius 2 is 2.07 bits per heavy atom. The van der Waals surface area contributed by atoms with E-state index in [-0.39, 0.29) is 12.1 Å². The molecular formula is C8H16N4OS. The van der Waals surface area contributed by atoms with Crippen LogP contribution in [0.15, 0.2) is 5.16 Å². The van der Waals surface area contributed by atoms with Gasteiger partial charge in [0.25, 0.3) is 0 Å². The fourth-order valence-corrected chi connectivity index (χ4v) is 2.00. The van der Waals surface area contributed by atoms with Crippen molar-refractivity contribution in [3.63, 3.8) is 0 Å². The van der Waals surface area contributed by atoms with Crippen molar-refractivity contribution < 1.29 is 5.11 Å². The lowest BCUT2D eigenvalue weighted by molar-refractivity contribution is 0.220. The van der Waals surface area contributed by atoms with E-state index < -0.39 is 0 Å². The Balaban J connectivity index is 2.76. The molecule has 0 spiro atoms. The smallest absolute Gasteiger partial charge is 0.222 e. The van der Waals surface area contributed by atoms with E-state index in [9.17, 15) is 0 Å². The Bertz CT molecular complexity index is 298. The molecule has 0 aliphatic carbocycles. The molecular weight excluding hydrogens is 200 g/mol. The molecule has 14 heavy (non-hydrogen) atoms. The predicted molar refractivity (Wildman–Crippen MR) is 57.2 cm³/mol. The monoisotopic (exact) mass is 216 g/mol. The summed E-state index contributed by atoms with van der Waals surface area (Å²) in [5.74, 6) is 1.03. The van der Waals surface area contributed by atoms with Crippen molar-refractivity contribution in [3.05, 3.63) is 0 Å². The molecule has 0 saturated carbocycles. The Morgan fingerprint density at radius 3 is 2.57 bits per heavy atom. The fraction of sp³-hybridized carbons (Fsp3) is 0.750. The molecule has 0 radical (unpaired) electrons. The first-order valence-electron chi connectivity index (χ1n) is 4.53. The molecule has 3 N–H and O–H groups in total. The lowest BCUT2D eigenvalue weighted by Crippen LogP contribution is -2.09. The summed E-state index contributed by atoms with van der Waals surface area (Å²) in [5.41, 5.74) is 5.66. The van der Waals surface area contributed by atoms with Gasteiger partial charge in [0.15, 0.2) is 5.16 Å². The highest BCUT2D eigenvalue weighted by molar-refractivity contribution is 7.99. The zero-order valence-corrected chi connectivity index (χ0v) is 9.45. The molecule has 5 nitrogen and oxygen atoms in total. The van der Waals surface area contributed by atoms with Gasteiger partial charge in [-0.25, -0.2) is 0 Å². The average molecular weight is 216 g/mol. The molecule has 1 heterocycles. The zero-order valence-electron chi connectivity index (χ0n) is 8.64. The van der Waals surface area contributed by atoms with E-state index in [1.165, 1.54) is 11.8 Å². The molecule has 80 valence electrons. The quantitative estimate of drug-likeness (QED) is 0.732. The van der Waals surface area contributed by atoms with Crippen LogP contribution in [0.3, 0.4) is 0 Å². The second-order valence-corrected chi connectivity index (χ2v) is 4.45. The Morgan fingerprint density at radius 1 is 1.43 bits per heavy atom. The number of nitrogens with two attached hydrogens (primary N) is 1. The van der Waals surface area contributed by atoms with Crippen LogP contribution in [-0.4, -0.2) is 31.7 Å². The van der Waals surface area contributed by atoms with E-state index >= 15 is 0 Å². The molecule has 1 aromatic rings. The SMILES string of the molecule is CC(O)CSc1nnc(N)n1C(C)C. The molecule has 0 fully saturated rings. The van der Waals surface area contributed by atoms with Crippen molar-refractivity contribution in [3.8, 4) is 0 Å². The number of nitrogen functional groups attached to an aromatic ring is 1. The summed E-state index contributed by atoms with van der Waals surface area (Å²) >= 11 is 1.46. The van der Waals surface area contributed by atoms with Gasteiger partial charge in [-0.05, 0) is 20.8 Å². The van der Waals surface area contributed by atoms with Crippen LogP contribution in [0.2, 0.25) is 0 Å². The van der Waals surface area contributed by atoms with E-state index in [4.69, 9.17) is 10.8 Å². The summed E-state index contributed by atoms with van der Waals surface area (Å²) in [4.78, 5) is 0. The molecule has 0 aromatic carbocycles. The van der Waals surface area contributed by atoms with E-state index in [0.717, 1.165) is 5.16 Å². The Labute approximate surface area is 87.7 Å². The van der Waals surface area contributed by atoms with Crippen molar-refractivity contribution in [1.82, 2.24) is 14.8 Å². The minimum atomic E-state index is -0.349. The van der Waals surface area contributed by atoms with Crippen molar-refractivity contribution in [1.29, 1.82) is 0 Å². The van der Waals surface area contributed by atoms with Gasteiger partial charge in [-0.3, -0.25) is 4.57 Å². The van der Waals surface area contributed by atoms with Gasteiger partial charge in [0.1, 0.15) is 0 Å². The minimum absolute atomic E-state index is 0.237. The van der Waals surface area contributed by atoms with Crippen molar-refractivity contribution in [2.75, 3.05) is 11.5 Å². The Hall–Kier alpha value is -0.750. The maximum atomic E-state index is 9.14. The predicted octanol–water partition coefficient (Wildman–Crippen LogP) is 0.914. The van der Waals surface area contributed by atoms with Gasteiger partial charge in [0.05, 0.1) is 6.10 Å². The molecule has 0 aliphatic heterocycles. The van der Waals surface area contributed by atoms with Gasteiger partial charge >= 0.3 is 0 Å². The van der Waals surface area contributed by atoms with Crippen LogP contribution < -0.4 is 5.73 Å². The standard InChI is InChI=1S/C8H16N4OS/c1-5(2)12-7(9)10-11-8(12)14-4-6(3)13/h5-6,13H,4H2,1-3H3,(H2,9,10).